The second-order valence-electron chi connectivity index (χ2n) is 6.44. The minimum atomic E-state index is -0.0472. The summed E-state index contributed by atoms with van der Waals surface area (Å²) in [6.45, 7) is 4.21. The van der Waals surface area contributed by atoms with E-state index in [0.29, 0.717) is 17.8 Å². The lowest BCUT2D eigenvalue weighted by molar-refractivity contribution is 0.248. The highest BCUT2D eigenvalue weighted by Crippen LogP contribution is 2.40. The summed E-state index contributed by atoms with van der Waals surface area (Å²) in [6.07, 6.45) is 2.38. The normalized spacial score (nSPS) is 15.5. The first-order valence-electron chi connectivity index (χ1n) is 8.24. The fraction of sp³-hybridized carbons (Fsp3) is 0.444. The summed E-state index contributed by atoms with van der Waals surface area (Å²) in [5.41, 5.74) is 2.07. The van der Waals surface area contributed by atoms with Crippen LogP contribution in [0.15, 0.2) is 36.4 Å². The zero-order valence-electron chi connectivity index (χ0n) is 13.7. The SMILES string of the molecule is CC(C)[C@@H](CO)Nc1nc(Nc2ccccc2)cc(C2CC2)n1. The van der Waals surface area contributed by atoms with Crippen molar-refractivity contribution in [2.45, 2.75) is 38.6 Å². The Balaban J connectivity index is 1.84. The average molecular weight is 312 g/mol. The molecule has 0 spiro atoms. The van der Waals surface area contributed by atoms with E-state index in [4.69, 9.17) is 0 Å². The predicted octanol–water partition coefficient (Wildman–Crippen LogP) is 3.53. The van der Waals surface area contributed by atoms with Gasteiger partial charge in [0.05, 0.1) is 18.3 Å². The quantitative estimate of drug-likeness (QED) is 0.729. The van der Waals surface area contributed by atoms with Gasteiger partial charge in [0.25, 0.3) is 0 Å². The maximum atomic E-state index is 9.52. The van der Waals surface area contributed by atoms with Crippen LogP contribution in [-0.2, 0) is 0 Å². The van der Waals surface area contributed by atoms with Crippen molar-refractivity contribution in [2.24, 2.45) is 5.92 Å². The largest absolute Gasteiger partial charge is 0.394 e. The van der Waals surface area contributed by atoms with Gasteiger partial charge in [0.1, 0.15) is 5.82 Å². The number of hydrogen-bond donors (Lipinski definition) is 3. The molecule has 1 aliphatic carbocycles. The van der Waals surface area contributed by atoms with Gasteiger partial charge in [-0.05, 0) is 30.9 Å². The summed E-state index contributed by atoms with van der Waals surface area (Å²) in [5, 5.41) is 16.1. The van der Waals surface area contributed by atoms with E-state index in [1.54, 1.807) is 0 Å². The van der Waals surface area contributed by atoms with Crippen LogP contribution in [0.25, 0.3) is 0 Å². The Morgan fingerprint density at radius 2 is 1.91 bits per heavy atom. The minimum Gasteiger partial charge on any atom is -0.394 e. The smallest absolute Gasteiger partial charge is 0.225 e. The third-order valence-corrected chi connectivity index (χ3v) is 4.10. The molecular formula is C18H24N4O. The van der Waals surface area contributed by atoms with Gasteiger partial charge in [0, 0.05) is 17.7 Å². The van der Waals surface area contributed by atoms with Gasteiger partial charge >= 0.3 is 0 Å². The number of nitrogens with one attached hydrogen (secondary N) is 2. The third-order valence-electron chi connectivity index (χ3n) is 4.10. The topological polar surface area (TPSA) is 70.1 Å². The molecular weight excluding hydrogens is 288 g/mol. The van der Waals surface area contributed by atoms with Crippen LogP contribution in [0, 0.1) is 5.92 Å². The molecule has 0 aliphatic heterocycles. The van der Waals surface area contributed by atoms with E-state index in [0.717, 1.165) is 17.2 Å². The van der Waals surface area contributed by atoms with Crippen LogP contribution in [0.4, 0.5) is 17.5 Å². The van der Waals surface area contributed by atoms with Crippen molar-refractivity contribution in [3.05, 3.63) is 42.1 Å². The number of para-hydroxylation sites is 1. The molecule has 1 heterocycles. The zero-order valence-corrected chi connectivity index (χ0v) is 13.7. The zero-order chi connectivity index (χ0) is 16.2. The molecule has 0 unspecified atom stereocenters. The summed E-state index contributed by atoms with van der Waals surface area (Å²) >= 11 is 0. The molecule has 23 heavy (non-hydrogen) atoms. The maximum absolute atomic E-state index is 9.52. The van der Waals surface area contributed by atoms with Crippen LogP contribution in [0.2, 0.25) is 0 Å². The van der Waals surface area contributed by atoms with Crippen LogP contribution < -0.4 is 10.6 Å². The summed E-state index contributed by atoms with van der Waals surface area (Å²) in [7, 11) is 0. The molecule has 1 atom stereocenters. The molecule has 0 radical (unpaired) electrons. The highest BCUT2D eigenvalue weighted by atomic mass is 16.3. The first-order chi connectivity index (χ1) is 11.2. The predicted molar refractivity (Wildman–Crippen MR) is 93.1 cm³/mol. The van der Waals surface area contributed by atoms with Gasteiger partial charge in [-0.1, -0.05) is 32.0 Å². The molecule has 1 aromatic heterocycles. The van der Waals surface area contributed by atoms with Gasteiger partial charge < -0.3 is 15.7 Å². The highest BCUT2D eigenvalue weighted by Gasteiger charge is 2.26. The lowest BCUT2D eigenvalue weighted by atomic mass is 10.1. The number of hydrogen-bond acceptors (Lipinski definition) is 5. The first-order valence-corrected chi connectivity index (χ1v) is 8.24. The molecule has 1 fully saturated rings. The first kappa shape index (κ1) is 15.7. The van der Waals surface area contributed by atoms with Crippen molar-refractivity contribution >= 4 is 17.5 Å². The van der Waals surface area contributed by atoms with Crippen molar-refractivity contribution in [1.29, 1.82) is 0 Å². The Kier molecular flexibility index (Phi) is 4.76. The Morgan fingerprint density at radius 1 is 1.17 bits per heavy atom. The summed E-state index contributed by atoms with van der Waals surface area (Å²) < 4.78 is 0. The number of aliphatic hydroxyl groups is 1. The molecule has 1 aliphatic rings. The number of rotatable bonds is 7. The Morgan fingerprint density at radius 3 is 2.52 bits per heavy atom. The molecule has 1 aromatic carbocycles. The fourth-order valence-corrected chi connectivity index (χ4v) is 2.44. The van der Waals surface area contributed by atoms with Gasteiger partial charge in [-0.2, -0.15) is 4.98 Å². The van der Waals surface area contributed by atoms with E-state index in [1.165, 1.54) is 12.8 Å². The molecule has 3 rings (SSSR count). The molecule has 0 bridgehead atoms. The van der Waals surface area contributed by atoms with Crippen molar-refractivity contribution < 1.29 is 5.11 Å². The van der Waals surface area contributed by atoms with Crippen LogP contribution in [-0.4, -0.2) is 27.7 Å². The van der Waals surface area contributed by atoms with Gasteiger partial charge in [-0.15, -0.1) is 0 Å². The molecule has 122 valence electrons. The molecule has 5 nitrogen and oxygen atoms in total. The second kappa shape index (κ2) is 6.96. The van der Waals surface area contributed by atoms with Gasteiger partial charge in [0.2, 0.25) is 5.95 Å². The number of aromatic nitrogens is 2. The van der Waals surface area contributed by atoms with E-state index in [9.17, 15) is 5.11 Å². The molecule has 2 aromatic rings. The lowest BCUT2D eigenvalue weighted by Crippen LogP contribution is -2.30. The van der Waals surface area contributed by atoms with Gasteiger partial charge in [-0.3, -0.25) is 0 Å². The highest BCUT2D eigenvalue weighted by molar-refractivity contribution is 5.57. The summed E-state index contributed by atoms with van der Waals surface area (Å²) in [6, 6.07) is 12.0. The summed E-state index contributed by atoms with van der Waals surface area (Å²) in [5.74, 6) is 2.22. The van der Waals surface area contributed by atoms with E-state index in [2.05, 4.69) is 34.4 Å². The Bertz CT molecular complexity index is 641. The molecule has 3 N–H and O–H groups in total. The molecule has 0 saturated heterocycles. The second-order valence-corrected chi connectivity index (χ2v) is 6.44. The Hall–Kier alpha value is -2.14. The van der Waals surface area contributed by atoms with Crippen molar-refractivity contribution in [1.82, 2.24) is 9.97 Å². The third kappa shape index (κ3) is 4.20. The fourth-order valence-electron chi connectivity index (χ4n) is 2.44. The summed E-state index contributed by atoms with van der Waals surface area (Å²) in [4.78, 5) is 9.20. The van der Waals surface area contributed by atoms with E-state index in [1.807, 2.05) is 36.4 Å². The number of aliphatic hydroxyl groups excluding tert-OH is 1. The number of nitrogens with zero attached hydrogens (tertiary/aromatic N) is 2. The van der Waals surface area contributed by atoms with E-state index in [-0.39, 0.29) is 12.6 Å². The molecule has 5 heteroatoms. The molecule has 0 amide bonds. The standard InChI is InChI=1S/C18H24N4O/c1-12(2)16(11-23)21-18-20-15(13-8-9-13)10-17(22-18)19-14-6-4-3-5-7-14/h3-7,10,12-13,16,23H,8-9,11H2,1-2H3,(H2,19,20,21,22)/t16-/m1/s1. The van der Waals surface area contributed by atoms with Crippen LogP contribution in [0.5, 0.6) is 0 Å². The van der Waals surface area contributed by atoms with E-state index >= 15 is 0 Å². The van der Waals surface area contributed by atoms with Crippen LogP contribution in [0.3, 0.4) is 0 Å². The average Bonchev–Trinajstić information content (AvgIpc) is 3.38. The minimum absolute atomic E-state index is 0.0472. The number of anilines is 3. The van der Waals surface area contributed by atoms with Gasteiger partial charge in [-0.25, -0.2) is 4.98 Å². The van der Waals surface area contributed by atoms with Crippen LogP contribution in [0.1, 0.15) is 38.3 Å². The van der Waals surface area contributed by atoms with Crippen LogP contribution >= 0.6 is 0 Å². The molecule has 1 saturated carbocycles. The maximum Gasteiger partial charge on any atom is 0.225 e. The van der Waals surface area contributed by atoms with E-state index < -0.39 is 0 Å². The monoisotopic (exact) mass is 312 g/mol. The van der Waals surface area contributed by atoms with Crippen molar-refractivity contribution in [2.75, 3.05) is 17.2 Å². The van der Waals surface area contributed by atoms with Crippen molar-refractivity contribution in [3.8, 4) is 0 Å². The van der Waals surface area contributed by atoms with Gasteiger partial charge in [0.15, 0.2) is 0 Å². The van der Waals surface area contributed by atoms with Crippen molar-refractivity contribution in [3.63, 3.8) is 0 Å². The lowest BCUT2D eigenvalue weighted by Gasteiger charge is -2.20. The Labute approximate surface area is 137 Å². The number of benzene rings is 1.